The van der Waals surface area contributed by atoms with Crippen molar-refractivity contribution in [1.29, 1.82) is 0 Å². The number of rotatable bonds is 4. The van der Waals surface area contributed by atoms with Crippen LogP contribution < -0.4 is 0 Å². The van der Waals surface area contributed by atoms with E-state index in [9.17, 15) is 0 Å². The lowest BCUT2D eigenvalue weighted by Gasteiger charge is -2.22. The highest BCUT2D eigenvalue weighted by Gasteiger charge is 2.38. The monoisotopic (exact) mass is 797 g/mol. The van der Waals surface area contributed by atoms with Crippen LogP contribution in [0, 0.1) is 0 Å². The van der Waals surface area contributed by atoms with E-state index in [0.717, 1.165) is 49.6 Å². The Hall–Kier alpha value is -7.47. The molecule has 61 heavy (non-hydrogen) atoms. The van der Waals surface area contributed by atoms with Gasteiger partial charge in [0, 0.05) is 53.1 Å². The summed E-state index contributed by atoms with van der Waals surface area (Å²) in [5.41, 5.74) is 11.9. The Morgan fingerprint density at radius 3 is 1.92 bits per heavy atom. The number of fused-ring (bicyclic) bond motifs is 13. The molecule has 0 amide bonds. The largest absolute Gasteiger partial charge is 0.456 e. The van der Waals surface area contributed by atoms with Gasteiger partial charge >= 0.3 is 0 Å². The van der Waals surface area contributed by atoms with Gasteiger partial charge in [0.15, 0.2) is 17.5 Å². The topological polar surface area (TPSA) is 51.8 Å². The van der Waals surface area contributed by atoms with E-state index in [0.29, 0.717) is 17.5 Å². The van der Waals surface area contributed by atoms with Crippen molar-refractivity contribution >= 4 is 75.0 Å². The number of aromatic nitrogens is 3. The van der Waals surface area contributed by atoms with Gasteiger partial charge in [-0.2, -0.15) is 0 Å². The highest BCUT2D eigenvalue weighted by atomic mass is 32.1. The van der Waals surface area contributed by atoms with Crippen molar-refractivity contribution in [3.8, 4) is 56.4 Å². The fourth-order valence-corrected chi connectivity index (χ4v) is 11.4. The summed E-state index contributed by atoms with van der Waals surface area (Å²) in [4.78, 5) is 15.6. The normalized spacial score (nSPS) is 13.2. The molecule has 3 heterocycles. The number of thiophene rings is 1. The Kier molecular flexibility index (Phi) is 7.20. The molecular weight excluding hydrogens is 763 g/mol. The van der Waals surface area contributed by atoms with Gasteiger partial charge in [-0.05, 0) is 91.3 Å². The van der Waals surface area contributed by atoms with E-state index >= 15 is 0 Å². The van der Waals surface area contributed by atoms with Crippen LogP contribution in [-0.4, -0.2) is 15.0 Å². The third-order valence-corrected chi connectivity index (χ3v) is 14.1. The maximum absolute atomic E-state index is 6.69. The molecular formula is C56H35N3OS. The van der Waals surface area contributed by atoms with Gasteiger partial charge in [0.25, 0.3) is 0 Å². The predicted octanol–water partition coefficient (Wildman–Crippen LogP) is 15.4. The summed E-state index contributed by atoms with van der Waals surface area (Å²) >= 11 is 1.90. The molecule has 1 aliphatic carbocycles. The Morgan fingerprint density at radius 2 is 1.08 bits per heavy atom. The quantitative estimate of drug-likeness (QED) is 0.178. The minimum atomic E-state index is -0.219. The van der Waals surface area contributed by atoms with E-state index in [1.807, 2.05) is 29.5 Å². The molecule has 0 atom stereocenters. The summed E-state index contributed by atoms with van der Waals surface area (Å²) < 4.78 is 9.39. The molecule has 0 fully saturated rings. The molecule has 9 aromatic carbocycles. The van der Waals surface area contributed by atoms with Gasteiger partial charge < -0.3 is 4.42 Å². The van der Waals surface area contributed by atoms with Crippen LogP contribution >= 0.6 is 11.3 Å². The highest BCUT2D eigenvalue weighted by Crippen LogP contribution is 2.54. The van der Waals surface area contributed by atoms with Crippen molar-refractivity contribution in [2.45, 2.75) is 19.3 Å². The third kappa shape index (κ3) is 5.08. The van der Waals surface area contributed by atoms with Crippen LogP contribution in [0.1, 0.15) is 25.0 Å². The summed E-state index contributed by atoms with van der Waals surface area (Å²) in [7, 11) is 0. The van der Waals surface area contributed by atoms with Crippen LogP contribution in [0.2, 0.25) is 0 Å². The van der Waals surface area contributed by atoms with Crippen molar-refractivity contribution in [3.05, 3.63) is 187 Å². The molecule has 0 spiro atoms. The van der Waals surface area contributed by atoms with Crippen molar-refractivity contribution < 1.29 is 4.42 Å². The van der Waals surface area contributed by atoms with E-state index in [1.54, 1.807) is 0 Å². The van der Waals surface area contributed by atoms with Crippen LogP contribution in [-0.2, 0) is 5.41 Å². The van der Waals surface area contributed by atoms with Gasteiger partial charge in [-0.3, -0.25) is 0 Å². The van der Waals surface area contributed by atoms with E-state index in [1.165, 1.54) is 64.1 Å². The standard InChI is InChI=1S/C56H35N3OS/c1-56(2)46-30-35(23-25-39(46)42-26-27-43-40-19-10-11-22-49(40)61-52(43)51(42)56)55-58-53(33-14-4-3-5-15-33)57-54(59-55)34-24-28-47-45(29-34)50-41-20-9-8-18-38(41)44(31-48(50)60-47)37-21-12-16-32-13-6-7-17-36(32)37/h3-31H,1-2H3. The van der Waals surface area contributed by atoms with Crippen molar-refractivity contribution in [1.82, 2.24) is 15.0 Å². The average Bonchev–Trinajstić information content (AvgIpc) is 3.95. The molecule has 0 unspecified atom stereocenters. The molecule has 0 saturated carbocycles. The van der Waals surface area contributed by atoms with E-state index in [2.05, 4.69) is 172 Å². The van der Waals surface area contributed by atoms with Gasteiger partial charge in [0.1, 0.15) is 11.2 Å². The Morgan fingerprint density at radius 1 is 0.426 bits per heavy atom. The highest BCUT2D eigenvalue weighted by molar-refractivity contribution is 7.26. The summed E-state index contributed by atoms with van der Waals surface area (Å²) in [5, 5.41) is 9.53. The first-order chi connectivity index (χ1) is 30.0. The molecule has 5 heteroatoms. The molecule has 13 rings (SSSR count). The number of hydrogen-bond donors (Lipinski definition) is 0. The zero-order chi connectivity index (χ0) is 40.4. The summed E-state index contributed by atoms with van der Waals surface area (Å²) in [6.45, 7) is 4.72. The first-order valence-electron chi connectivity index (χ1n) is 20.8. The zero-order valence-electron chi connectivity index (χ0n) is 33.4. The van der Waals surface area contributed by atoms with E-state index in [4.69, 9.17) is 19.4 Å². The molecule has 12 aromatic rings. The lowest BCUT2D eigenvalue weighted by Crippen LogP contribution is -2.15. The van der Waals surface area contributed by atoms with Gasteiger partial charge in [-0.1, -0.05) is 153 Å². The molecule has 3 aromatic heterocycles. The summed E-state index contributed by atoms with van der Waals surface area (Å²) in [6.07, 6.45) is 0. The molecule has 0 saturated heterocycles. The van der Waals surface area contributed by atoms with Gasteiger partial charge in [0.2, 0.25) is 0 Å². The minimum absolute atomic E-state index is 0.219. The summed E-state index contributed by atoms with van der Waals surface area (Å²) in [5.74, 6) is 1.90. The Labute approximate surface area is 355 Å². The number of nitrogens with zero attached hydrogens (tertiary/aromatic N) is 3. The van der Waals surface area contributed by atoms with E-state index < -0.39 is 0 Å². The van der Waals surface area contributed by atoms with Crippen molar-refractivity contribution in [2.24, 2.45) is 0 Å². The molecule has 0 N–H and O–H groups in total. The van der Waals surface area contributed by atoms with Crippen LogP contribution in [0.3, 0.4) is 0 Å². The number of benzene rings is 9. The fraction of sp³-hybridized carbons (Fsp3) is 0.0536. The van der Waals surface area contributed by atoms with Gasteiger partial charge in [-0.25, -0.2) is 15.0 Å². The number of hydrogen-bond acceptors (Lipinski definition) is 5. The minimum Gasteiger partial charge on any atom is -0.456 e. The predicted molar refractivity (Wildman–Crippen MR) is 254 cm³/mol. The van der Waals surface area contributed by atoms with Gasteiger partial charge in [0.05, 0.1) is 0 Å². The van der Waals surface area contributed by atoms with Crippen LogP contribution in [0.5, 0.6) is 0 Å². The molecule has 0 aliphatic heterocycles. The second-order valence-corrected chi connectivity index (χ2v) is 17.8. The maximum atomic E-state index is 6.69. The SMILES string of the molecule is CC1(C)c2cc(-c3nc(-c4ccccc4)nc(-c4ccc5oc6cc(-c7cccc8ccccc78)c7ccccc7c6c5c4)n3)ccc2-c2ccc3c(sc4ccccc43)c21. The molecule has 0 radical (unpaired) electrons. The maximum Gasteiger partial charge on any atom is 0.164 e. The van der Waals surface area contributed by atoms with E-state index in [-0.39, 0.29) is 5.41 Å². The molecule has 4 nitrogen and oxygen atoms in total. The van der Waals surface area contributed by atoms with Gasteiger partial charge in [-0.15, -0.1) is 11.3 Å². The molecule has 1 aliphatic rings. The first-order valence-corrected chi connectivity index (χ1v) is 21.6. The summed E-state index contributed by atoms with van der Waals surface area (Å²) in [6, 6.07) is 62.7. The zero-order valence-corrected chi connectivity index (χ0v) is 34.2. The van der Waals surface area contributed by atoms with Crippen LogP contribution in [0.15, 0.2) is 180 Å². The Balaban J connectivity index is 0.977. The third-order valence-electron chi connectivity index (χ3n) is 12.9. The fourth-order valence-electron chi connectivity index (χ4n) is 10.0. The first kappa shape index (κ1) is 34.4. The van der Waals surface area contributed by atoms with Crippen LogP contribution in [0.25, 0.3) is 120 Å². The number of furan rings is 1. The molecule has 0 bridgehead atoms. The molecule has 286 valence electrons. The Bertz CT molecular complexity index is 3800. The van der Waals surface area contributed by atoms with Crippen LogP contribution in [0.4, 0.5) is 0 Å². The second-order valence-electron chi connectivity index (χ2n) is 16.7. The van der Waals surface area contributed by atoms with Crippen molar-refractivity contribution in [3.63, 3.8) is 0 Å². The lowest BCUT2D eigenvalue weighted by atomic mass is 9.81. The second kappa shape index (κ2) is 12.8. The van der Waals surface area contributed by atoms with Crippen molar-refractivity contribution in [2.75, 3.05) is 0 Å². The smallest absolute Gasteiger partial charge is 0.164 e. The average molecular weight is 798 g/mol. The lowest BCUT2D eigenvalue weighted by molar-refractivity contribution is 0.667.